The lowest BCUT2D eigenvalue weighted by atomic mass is 10.1. The van der Waals surface area contributed by atoms with Crippen molar-refractivity contribution in [3.05, 3.63) is 23.8 Å². The van der Waals surface area contributed by atoms with Gasteiger partial charge < -0.3 is 19.9 Å². The van der Waals surface area contributed by atoms with E-state index in [0.717, 1.165) is 13.0 Å². The van der Waals surface area contributed by atoms with Crippen LogP contribution in [0.3, 0.4) is 0 Å². The van der Waals surface area contributed by atoms with E-state index in [9.17, 15) is 9.90 Å². The van der Waals surface area contributed by atoms with Crippen molar-refractivity contribution in [3.8, 4) is 11.5 Å². The minimum atomic E-state index is -0.593. The van der Waals surface area contributed by atoms with Crippen molar-refractivity contribution < 1.29 is 19.4 Å². The predicted molar refractivity (Wildman–Crippen MR) is 86.8 cm³/mol. The zero-order chi connectivity index (χ0) is 16.5. The minimum Gasteiger partial charge on any atom is -0.493 e. The molecule has 22 heavy (non-hydrogen) atoms. The number of aliphatic hydroxyl groups is 1. The standard InChI is InChI=1S/C17H27NO4/c1-12(2)7-8-18-10-15(20)11-22-16-6-5-14(13(3)19)9-17(16)21-4/h5-6,9,12,15,18,20H,7-8,10-11H2,1-4H3. The predicted octanol–water partition coefficient (Wildman–Crippen LogP) is 2.27. The summed E-state index contributed by atoms with van der Waals surface area (Å²) in [6.07, 6.45) is 0.484. The SMILES string of the molecule is COc1cc(C(C)=O)ccc1OCC(O)CNCCC(C)C. The molecule has 0 aliphatic carbocycles. The third kappa shape index (κ3) is 6.45. The van der Waals surface area contributed by atoms with Gasteiger partial charge in [0.15, 0.2) is 17.3 Å². The smallest absolute Gasteiger partial charge is 0.161 e. The first-order valence-electron chi connectivity index (χ1n) is 7.64. The number of carbonyl (C=O) groups is 1. The van der Waals surface area contributed by atoms with E-state index in [0.29, 0.717) is 29.5 Å². The molecular formula is C17H27NO4. The van der Waals surface area contributed by atoms with Gasteiger partial charge >= 0.3 is 0 Å². The summed E-state index contributed by atoms with van der Waals surface area (Å²) in [5.74, 6) is 1.63. The van der Waals surface area contributed by atoms with Crippen LogP contribution in [-0.4, -0.2) is 43.8 Å². The molecule has 124 valence electrons. The third-order valence-electron chi connectivity index (χ3n) is 3.28. The van der Waals surface area contributed by atoms with E-state index in [-0.39, 0.29) is 12.4 Å². The van der Waals surface area contributed by atoms with Crippen molar-refractivity contribution in [2.45, 2.75) is 33.3 Å². The summed E-state index contributed by atoms with van der Waals surface area (Å²) < 4.78 is 10.8. The van der Waals surface area contributed by atoms with Gasteiger partial charge in [0.05, 0.1) is 7.11 Å². The Morgan fingerprint density at radius 3 is 2.64 bits per heavy atom. The van der Waals surface area contributed by atoms with E-state index in [1.165, 1.54) is 14.0 Å². The summed E-state index contributed by atoms with van der Waals surface area (Å²) in [6.45, 7) is 7.37. The first-order valence-corrected chi connectivity index (χ1v) is 7.64. The number of rotatable bonds is 10. The molecule has 0 saturated carbocycles. The van der Waals surface area contributed by atoms with Crippen LogP contribution in [-0.2, 0) is 0 Å². The Morgan fingerprint density at radius 2 is 2.05 bits per heavy atom. The highest BCUT2D eigenvalue weighted by Crippen LogP contribution is 2.28. The number of ether oxygens (including phenoxy) is 2. The summed E-state index contributed by atoms with van der Waals surface area (Å²) in [5.41, 5.74) is 0.570. The van der Waals surface area contributed by atoms with Gasteiger partial charge in [-0.15, -0.1) is 0 Å². The summed E-state index contributed by atoms with van der Waals surface area (Å²) in [6, 6.07) is 5.02. The summed E-state index contributed by atoms with van der Waals surface area (Å²) >= 11 is 0. The largest absolute Gasteiger partial charge is 0.493 e. The molecule has 0 bridgehead atoms. The number of aliphatic hydroxyl groups excluding tert-OH is 1. The van der Waals surface area contributed by atoms with Gasteiger partial charge in [0, 0.05) is 12.1 Å². The summed E-state index contributed by atoms with van der Waals surface area (Å²) in [7, 11) is 1.52. The monoisotopic (exact) mass is 309 g/mol. The van der Waals surface area contributed by atoms with Crippen LogP contribution >= 0.6 is 0 Å². The Kier molecular flexibility index (Phi) is 7.91. The molecule has 5 heteroatoms. The Balaban J connectivity index is 2.45. The van der Waals surface area contributed by atoms with Crippen LogP contribution in [0.4, 0.5) is 0 Å². The van der Waals surface area contributed by atoms with Gasteiger partial charge in [-0.25, -0.2) is 0 Å². The highest BCUT2D eigenvalue weighted by Gasteiger charge is 2.11. The molecule has 0 saturated heterocycles. The maximum Gasteiger partial charge on any atom is 0.161 e. The van der Waals surface area contributed by atoms with Crippen molar-refractivity contribution in [3.63, 3.8) is 0 Å². The fourth-order valence-electron chi connectivity index (χ4n) is 1.91. The number of carbonyl (C=O) groups excluding carboxylic acids is 1. The second kappa shape index (κ2) is 9.43. The maximum atomic E-state index is 11.3. The molecule has 0 fully saturated rings. The molecule has 1 rings (SSSR count). The van der Waals surface area contributed by atoms with Gasteiger partial charge in [0.2, 0.25) is 0 Å². The molecule has 0 aliphatic rings. The molecule has 0 aromatic heterocycles. The van der Waals surface area contributed by atoms with Crippen LogP contribution in [0.15, 0.2) is 18.2 Å². The third-order valence-corrected chi connectivity index (χ3v) is 3.28. The lowest BCUT2D eigenvalue weighted by Crippen LogP contribution is -2.32. The van der Waals surface area contributed by atoms with Crippen LogP contribution in [0.25, 0.3) is 0 Å². The summed E-state index contributed by atoms with van der Waals surface area (Å²) in [4.78, 5) is 11.3. The van der Waals surface area contributed by atoms with Gasteiger partial charge in [-0.2, -0.15) is 0 Å². The fraction of sp³-hybridized carbons (Fsp3) is 0.588. The highest BCUT2D eigenvalue weighted by atomic mass is 16.5. The molecule has 5 nitrogen and oxygen atoms in total. The van der Waals surface area contributed by atoms with Crippen molar-refractivity contribution >= 4 is 5.78 Å². The van der Waals surface area contributed by atoms with Gasteiger partial charge in [-0.3, -0.25) is 4.79 Å². The molecule has 2 N–H and O–H groups in total. The number of ketones is 1. The van der Waals surface area contributed by atoms with Crippen molar-refractivity contribution in [1.82, 2.24) is 5.32 Å². The molecular weight excluding hydrogens is 282 g/mol. The van der Waals surface area contributed by atoms with E-state index in [2.05, 4.69) is 19.2 Å². The van der Waals surface area contributed by atoms with Gasteiger partial charge in [-0.05, 0) is 44.0 Å². The molecule has 0 spiro atoms. The molecule has 0 radical (unpaired) electrons. The Bertz CT molecular complexity index is 474. The number of hydrogen-bond donors (Lipinski definition) is 2. The zero-order valence-electron chi connectivity index (χ0n) is 13.9. The zero-order valence-corrected chi connectivity index (χ0v) is 13.9. The van der Waals surface area contributed by atoms with Crippen LogP contribution in [0, 0.1) is 5.92 Å². The first kappa shape index (κ1) is 18.5. The molecule has 0 heterocycles. The molecule has 1 aromatic rings. The minimum absolute atomic E-state index is 0.0285. The van der Waals surface area contributed by atoms with Crippen molar-refractivity contribution in [2.24, 2.45) is 5.92 Å². The molecule has 1 atom stereocenters. The lowest BCUT2D eigenvalue weighted by molar-refractivity contribution is 0.101. The van der Waals surface area contributed by atoms with Crippen LogP contribution < -0.4 is 14.8 Å². The Hall–Kier alpha value is -1.59. The molecule has 1 unspecified atom stereocenters. The van der Waals surface area contributed by atoms with E-state index >= 15 is 0 Å². The normalized spacial score (nSPS) is 12.3. The van der Waals surface area contributed by atoms with Crippen molar-refractivity contribution in [1.29, 1.82) is 0 Å². The van der Waals surface area contributed by atoms with Gasteiger partial charge in [0.25, 0.3) is 0 Å². The number of hydrogen-bond acceptors (Lipinski definition) is 5. The van der Waals surface area contributed by atoms with Gasteiger partial charge in [0.1, 0.15) is 12.7 Å². The quantitative estimate of drug-likeness (QED) is 0.512. The first-order chi connectivity index (χ1) is 10.4. The number of benzene rings is 1. The number of Topliss-reactive ketones (excluding diaryl/α,β-unsaturated/α-hetero) is 1. The second-order valence-electron chi connectivity index (χ2n) is 5.77. The lowest BCUT2D eigenvalue weighted by Gasteiger charge is -2.16. The van der Waals surface area contributed by atoms with E-state index in [1.54, 1.807) is 18.2 Å². The number of methoxy groups -OCH3 is 1. The maximum absolute atomic E-state index is 11.3. The molecule has 1 aromatic carbocycles. The molecule has 0 aliphatic heterocycles. The van der Waals surface area contributed by atoms with Gasteiger partial charge in [-0.1, -0.05) is 13.8 Å². The van der Waals surface area contributed by atoms with Crippen molar-refractivity contribution in [2.75, 3.05) is 26.8 Å². The van der Waals surface area contributed by atoms with E-state index in [1.807, 2.05) is 0 Å². The van der Waals surface area contributed by atoms with Crippen LogP contribution in [0.1, 0.15) is 37.6 Å². The summed E-state index contributed by atoms with van der Waals surface area (Å²) in [5, 5.41) is 13.1. The molecule has 0 amide bonds. The van der Waals surface area contributed by atoms with Crippen LogP contribution in [0.5, 0.6) is 11.5 Å². The topological polar surface area (TPSA) is 67.8 Å². The van der Waals surface area contributed by atoms with E-state index < -0.39 is 6.10 Å². The van der Waals surface area contributed by atoms with E-state index in [4.69, 9.17) is 9.47 Å². The van der Waals surface area contributed by atoms with Crippen LogP contribution in [0.2, 0.25) is 0 Å². The second-order valence-corrected chi connectivity index (χ2v) is 5.77. The Labute approximate surface area is 132 Å². The average Bonchev–Trinajstić information content (AvgIpc) is 2.49. The Morgan fingerprint density at radius 1 is 1.32 bits per heavy atom. The fourth-order valence-corrected chi connectivity index (χ4v) is 1.91. The highest BCUT2D eigenvalue weighted by molar-refractivity contribution is 5.94. The average molecular weight is 309 g/mol. The number of nitrogens with one attached hydrogen (secondary N) is 1.